The molecule has 1 aromatic carbocycles. The van der Waals surface area contributed by atoms with Crippen LogP contribution in [-0.4, -0.2) is 31.8 Å². The number of fused-ring (bicyclic) bond motifs is 1. The third-order valence-electron chi connectivity index (χ3n) is 3.38. The number of aromatic nitrogens is 5. The van der Waals surface area contributed by atoms with Crippen molar-refractivity contribution in [1.82, 2.24) is 30.0 Å². The molecule has 0 saturated carbocycles. The minimum Gasteiger partial charge on any atom is -0.331 e. The number of imidazole rings is 1. The minimum atomic E-state index is 0.0815. The molecule has 0 aliphatic rings. The summed E-state index contributed by atoms with van der Waals surface area (Å²) in [7, 11) is 3.95. The molecule has 1 unspecified atom stereocenters. The Hall–Kier alpha value is -2.21. The van der Waals surface area contributed by atoms with Gasteiger partial charge in [-0.15, -0.1) is 0 Å². The quantitative estimate of drug-likeness (QED) is 0.735. The molecule has 0 aliphatic carbocycles. The standard InChI is InChI=1S/C13H16N6/c1-14-10(13-15-8-16-18-13)7-12-17-9-5-3-4-6-11(9)19(12)2/h3-6,8,10,14H,7H2,1-2H3,(H,15,16,18). The van der Waals surface area contributed by atoms with Gasteiger partial charge in [-0.2, -0.15) is 5.10 Å². The highest BCUT2D eigenvalue weighted by Gasteiger charge is 2.17. The summed E-state index contributed by atoms with van der Waals surface area (Å²) < 4.78 is 2.12. The maximum absolute atomic E-state index is 4.67. The molecular weight excluding hydrogens is 240 g/mol. The molecule has 2 heterocycles. The van der Waals surface area contributed by atoms with Crippen LogP contribution < -0.4 is 5.32 Å². The van der Waals surface area contributed by atoms with Gasteiger partial charge < -0.3 is 9.88 Å². The summed E-state index contributed by atoms with van der Waals surface area (Å²) in [5.74, 6) is 1.85. The Bertz CT molecular complexity index is 670. The molecule has 2 N–H and O–H groups in total. The average Bonchev–Trinajstić information content (AvgIpc) is 3.06. The number of H-pyrrole nitrogens is 1. The van der Waals surface area contributed by atoms with Crippen LogP contribution in [0.3, 0.4) is 0 Å². The second-order valence-corrected chi connectivity index (χ2v) is 4.49. The van der Waals surface area contributed by atoms with Crippen molar-refractivity contribution in [3.05, 3.63) is 42.2 Å². The number of aromatic amines is 1. The molecule has 6 heteroatoms. The summed E-state index contributed by atoms with van der Waals surface area (Å²) in [6, 6.07) is 8.22. The lowest BCUT2D eigenvalue weighted by Crippen LogP contribution is -2.21. The van der Waals surface area contributed by atoms with Crippen molar-refractivity contribution in [3.63, 3.8) is 0 Å². The molecule has 0 amide bonds. The van der Waals surface area contributed by atoms with Gasteiger partial charge in [-0.3, -0.25) is 5.10 Å². The highest BCUT2D eigenvalue weighted by Crippen LogP contribution is 2.18. The van der Waals surface area contributed by atoms with E-state index in [1.807, 2.05) is 32.3 Å². The van der Waals surface area contributed by atoms with E-state index in [2.05, 4.69) is 36.1 Å². The van der Waals surface area contributed by atoms with Crippen LogP contribution in [0, 0.1) is 0 Å². The van der Waals surface area contributed by atoms with Crippen molar-refractivity contribution in [2.75, 3.05) is 7.05 Å². The number of likely N-dealkylation sites (N-methyl/N-ethyl adjacent to an activating group) is 1. The number of benzene rings is 1. The Morgan fingerprint density at radius 2 is 2.21 bits per heavy atom. The maximum atomic E-state index is 4.67. The van der Waals surface area contributed by atoms with Crippen LogP contribution in [0.15, 0.2) is 30.6 Å². The molecule has 0 spiro atoms. The predicted octanol–water partition coefficient (Wildman–Crippen LogP) is 1.19. The molecule has 19 heavy (non-hydrogen) atoms. The highest BCUT2D eigenvalue weighted by molar-refractivity contribution is 5.75. The molecule has 0 fully saturated rings. The second-order valence-electron chi connectivity index (χ2n) is 4.49. The smallest absolute Gasteiger partial charge is 0.141 e. The van der Waals surface area contributed by atoms with E-state index in [0.717, 1.165) is 29.1 Å². The zero-order valence-corrected chi connectivity index (χ0v) is 11.0. The first-order valence-electron chi connectivity index (χ1n) is 6.22. The van der Waals surface area contributed by atoms with Crippen molar-refractivity contribution < 1.29 is 0 Å². The molecular formula is C13H16N6. The monoisotopic (exact) mass is 256 g/mol. The normalized spacial score (nSPS) is 12.9. The van der Waals surface area contributed by atoms with Crippen LogP contribution >= 0.6 is 0 Å². The predicted molar refractivity (Wildman–Crippen MR) is 72.6 cm³/mol. The van der Waals surface area contributed by atoms with Crippen LogP contribution in [0.25, 0.3) is 11.0 Å². The van der Waals surface area contributed by atoms with Crippen molar-refractivity contribution >= 4 is 11.0 Å². The van der Waals surface area contributed by atoms with E-state index >= 15 is 0 Å². The zero-order valence-electron chi connectivity index (χ0n) is 11.0. The Kier molecular flexibility index (Phi) is 3.00. The van der Waals surface area contributed by atoms with Gasteiger partial charge in [-0.1, -0.05) is 12.1 Å². The molecule has 6 nitrogen and oxygen atoms in total. The topological polar surface area (TPSA) is 71.4 Å². The lowest BCUT2D eigenvalue weighted by Gasteiger charge is -2.12. The first kappa shape index (κ1) is 11.9. The Labute approximate surface area is 110 Å². The van der Waals surface area contributed by atoms with Crippen molar-refractivity contribution in [2.24, 2.45) is 7.05 Å². The van der Waals surface area contributed by atoms with E-state index < -0.39 is 0 Å². The van der Waals surface area contributed by atoms with E-state index in [4.69, 9.17) is 0 Å². The van der Waals surface area contributed by atoms with Gasteiger partial charge in [0.05, 0.1) is 17.1 Å². The number of hydrogen-bond acceptors (Lipinski definition) is 4. The maximum Gasteiger partial charge on any atom is 0.141 e. The molecule has 3 rings (SSSR count). The van der Waals surface area contributed by atoms with Crippen LogP contribution in [0.4, 0.5) is 0 Å². The summed E-state index contributed by atoms with van der Waals surface area (Å²) >= 11 is 0. The summed E-state index contributed by atoms with van der Waals surface area (Å²) in [5.41, 5.74) is 2.16. The fraction of sp³-hybridized carbons (Fsp3) is 0.308. The van der Waals surface area contributed by atoms with Crippen LogP contribution in [0.2, 0.25) is 0 Å². The van der Waals surface area contributed by atoms with E-state index in [0.29, 0.717) is 0 Å². The zero-order chi connectivity index (χ0) is 13.2. The molecule has 0 aliphatic heterocycles. The molecule has 3 aromatic rings. The fourth-order valence-corrected chi connectivity index (χ4v) is 2.28. The van der Waals surface area contributed by atoms with Gasteiger partial charge in [0.1, 0.15) is 18.0 Å². The molecule has 0 bridgehead atoms. The number of nitrogens with zero attached hydrogens (tertiary/aromatic N) is 4. The van der Waals surface area contributed by atoms with Crippen LogP contribution in [0.1, 0.15) is 17.7 Å². The minimum absolute atomic E-state index is 0.0815. The fourth-order valence-electron chi connectivity index (χ4n) is 2.28. The third kappa shape index (κ3) is 2.10. The highest BCUT2D eigenvalue weighted by atomic mass is 15.2. The van der Waals surface area contributed by atoms with Crippen molar-refractivity contribution in [3.8, 4) is 0 Å². The van der Waals surface area contributed by atoms with E-state index in [1.54, 1.807) is 0 Å². The molecule has 2 aromatic heterocycles. The van der Waals surface area contributed by atoms with Crippen LogP contribution in [0.5, 0.6) is 0 Å². The van der Waals surface area contributed by atoms with Crippen molar-refractivity contribution in [2.45, 2.75) is 12.5 Å². The van der Waals surface area contributed by atoms with Gasteiger partial charge in [0, 0.05) is 13.5 Å². The summed E-state index contributed by atoms with van der Waals surface area (Å²) in [6.07, 6.45) is 2.28. The van der Waals surface area contributed by atoms with Gasteiger partial charge in [0.25, 0.3) is 0 Å². The molecule has 1 atom stereocenters. The Morgan fingerprint density at radius 1 is 1.37 bits per heavy atom. The third-order valence-corrected chi connectivity index (χ3v) is 3.38. The number of aryl methyl sites for hydroxylation is 1. The van der Waals surface area contributed by atoms with Gasteiger partial charge in [0.15, 0.2) is 0 Å². The number of rotatable bonds is 4. The Balaban J connectivity index is 1.94. The Morgan fingerprint density at radius 3 is 2.89 bits per heavy atom. The summed E-state index contributed by atoms with van der Waals surface area (Å²) in [4.78, 5) is 8.87. The van der Waals surface area contributed by atoms with E-state index in [1.165, 1.54) is 6.33 Å². The molecule has 0 saturated heterocycles. The number of hydrogen-bond donors (Lipinski definition) is 2. The summed E-state index contributed by atoms with van der Waals surface area (Å²) in [5, 5.41) is 10.0. The number of nitrogens with one attached hydrogen (secondary N) is 2. The van der Waals surface area contributed by atoms with Gasteiger partial charge in [0.2, 0.25) is 0 Å². The van der Waals surface area contributed by atoms with E-state index in [-0.39, 0.29) is 6.04 Å². The van der Waals surface area contributed by atoms with Gasteiger partial charge in [-0.25, -0.2) is 9.97 Å². The van der Waals surface area contributed by atoms with E-state index in [9.17, 15) is 0 Å². The van der Waals surface area contributed by atoms with Crippen molar-refractivity contribution in [1.29, 1.82) is 0 Å². The lowest BCUT2D eigenvalue weighted by molar-refractivity contribution is 0.538. The first-order valence-corrected chi connectivity index (χ1v) is 6.22. The molecule has 98 valence electrons. The first-order chi connectivity index (χ1) is 9.29. The molecule has 0 radical (unpaired) electrons. The average molecular weight is 256 g/mol. The van der Waals surface area contributed by atoms with Crippen LogP contribution in [-0.2, 0) is 13.5 Å². The second kappa shape index (κ2) is 4.81. The summed E-state index contributed by atoms with van der Waals surface area (Å²) in [6.45, 7) is 0. The van der Waals surface area contributed by atoms with Gasteiger partial charge >= 0.3 is 0 Å². The SMILES string of the molecule is CNC(Cc1nc2ccccc2n1C)c1ncn[nH]1. The van der Waals surface area contributed by atoms with Gasteiger partial charge in [-0.05, 0) is 19.2 Å². The largest absolute Gasteiger partial charge is 0.331 e. The number of para-hydroxylation sites is 2. The lowest BCUT2D eigenvalue weighted by atomic mass is 10.2.